The van der Waals surface area contributed by atoms with Crippen molar-refractivity contribution in [2.45, 2.75) is 16.2 Å². The molecule has 81 heavy (non-hydrogen) atoms. The number of rotatable bonds is 3. The first kappa shape index (κ1) is 43.7. The molecule has 2 heteroatoms. The number of aromatic nitrogens is 2. The molecule has 19 rings (SSSR count). The minimum atomic E-state index is -0.503. The average Bonchev–Trinajstić information content (AvgIpc) is 4.28. The summed E-state index contributed by atoms with van der Waals surface area (Å²) in [5, 5.41) is 0. The highest BCUT2D eigenvalue weighted by Gasteiger charge is 2.54. The number of fused-ring (bicyclic) bond motifs is 30. The first-order valence-corrected chi connectivity index (χ1v) is 28.4. The van der Waals surface area contributed by atoms with Crippen LogP contribution in [0.5, 0.6) is 0 Å². The van der Waals surface area contributed by atoms with Gasteiger partial charge in [-0.2, -0.15) is 0 Å². The van der Waals surface area contributed by atoms with Crippen molar-refractivity contribution in [3.05, 3.63) is 346 Å². The number of benzene rings is 12. The minimum Gasteiger partial charge on any atom is -0.228 e. The van der Waals surface area contributed by atoms with Gasteiger partial charge in [-0.1, -0.05) is 255 Å². The van der Waals surface area contributed by atoms with Gasteiger partial charge in [0, 0.05) is 16.7 Å². The molecule has 0 unspecified atom stereocenters. The van der Waals surface area contributed by atoms with E-state index >= 15 is 0 Å². The minimum absolute atomic E-state index is 0.437. The van der Waals surface area contributed by atoms with Gasteiger partial charge in [-0.25, -0.2) is 9.97 Å². The molecule has 0 bridgehead atoms. The Morgan fingerprint density at radius 3 is 0.716 bits per heavy atom. The smallest absolute Gasteiger partial charge is 0.160 e. The summed E-state index contributed by atoms with van der Waals surface area (Å²) in [4.78, 5) is 11.5. The molecule has 0 aliphatic heterocycles. The van der Waals surface area contributed by atoms with Crippen molar-refractivity contribution in [1.29, 1.82) is 0 Å². The maximum absolute atomic E-state index is 5.73. The van der Waals surface area contributed by atoms with Crippen molar-refractivity contribution in [3.63, 3.8) is 0 Å². The van der Waals surface area contributed by atoms with E-state index in [0.717, 1.165) is 28.1 Å². The quantitative estimate of drug-likeness (QED) is 0.176. The second kappa shape index (κ2) is 15.5. The molecule has 0 saturated heterocycles. The number of hydrogen-bond acceptors (Lipinski definition) is 2. The normalized spacial score (nSPS) is 15.0. The van der Waals surface area contributed by atoms with Crippen LogP contribution in [0, 0.1) is 0 Å². The molecule has 0 saturated carbocycles. The Hall–Kier alpha value is -10.3. The molecule has 13 aromatic rings. The molecular weight excluding hydrogens is 977 g/mol. The summed E-state index contributed by atoms with van der Waals surface area (Å²) < 4.78 is 0. The van der Waals surface area contributed by atoms with Crippen LogP contribution in [0.15, 0.2) is 279 Å². The molecule has 0 radical (unpaired) electrons. The van der Waals surface area contributed by atoms with Crippen molar-refractivity contribution in [3.8, 4) is 101 Å². The van der Waals surface area contributed by atoms with E-state index < -0.39 is 16.2 Å². The fourth-order valence-corrected chi connectivity index (χ4v) is 16.6. The third-order valence-corrected chi connectivity index (χ3v) is 19.6. The standard InChI is InChI=1S/C79H46N2/c1-10-28-62-50(19-1)51-20-2-11-29-63(51)77(62)69-35-17-8-26-57(69)60-43-47(38-41-71(60)77)74-46-75(48-39-42-72-61(44-48)58-27-9-18-36-70(58)78(72)64-30-12-3-21-52(64)53-22-4-13-31-65(53)78)81-76(80-74)49-37-40-59-56-25-7-16-34-68(56)79(73(59)45-49)66-32-14-5-23-54(66)55-24-6-15-33-67(55)79/h1-46H. The van der Waals surface area contributed by atoms with Gasteiger partial charge in [0.2, 0.25) is 0 Å². The van der Waals surface area contributed by atoms with Gasteiger partial charge in [-0.15, -0.1) is 0 Å². The van der Waals surface area contributed by atoms with E-state index in [1.807, 2.05) is 0 Å². The third kappa shape index (κ3) is 5.21. The van der Waals surface area contributed by atoms with E-state index in [9.17, 15) is 0 Å². The summed E-state index contributed by atoms with van der Waals surface area (Å²) in [7, 11) is 0. The fraction of sp³-hybridized carbons (Fsp3) is 0.0380. The summed E-state index contributed by atoms with van der Waals surface area (Å²) in [6, 6.07) is 105. The predicted octanol–water partition coefficient (Wildman–Crippen LogP) is 18.5. The molecule has 0 amide bonds. The highest BCUT2D eigenvalue weighted by atomic mass is 14.9. The molecule has 0 atom stereocenters. The molecule has 0 fully saturated rings. The maximum Gasteiger partial charge on any atom is 0.160 e. The summed E-state index contributed by atoms with van der Waals surface area (Å²) >= 11 is 0. The second-order valence-electron chi connectivity index (χ2n) is 22.9. The maximum atomic E-state index is 5.73. The van der Waals surface area contributed by atoms with Crippen LogP contribution in [-0.2, 0) is 16.2 Å². The van der Waals surface area contributed by atoms with Crippen LogP contribution in [0.1, 0.15) is 66.8 Å². The van der Waals surface area contributed by atoms with E-state index in [4.69, 9.17) is 9.97 Å². The van der Waals surface area contributed by atoms with Gasteiger partial charge in [0.15, 0.2) is 5.82 Å². The first-order chi connectivity index (χ1) is 40.2. The van der Waals surface area contributed by atoms with Crippen LogP contribution < -0.4 is 0 Å². The molecule has 372 valence electrons. The predicted molar refractivity (Wildman–Crippen MR) is 327 cm³/mol. The average molecular weight is 1020 g/mol. The van der Waals surface area contributed by atoms with Crippen molar-refractivity contribution in [1.82, 2.24) is 9.97 Å². The van der Waals surface area contributed by atoms with Crippen molar-refractivity contribution in [2.24, 2.45) is 0 Å². The van der Waals surface area contributed by atoms with E-state index in [1.54, 1.807) is 0 Å². The molecule has 1 aromatic heterocycles. The Balaban J connectivity index is 0.848. The molecule has 6 aliphatic carbocycles. The van der Waals surface area contributed by atoms with Crippen LogP contribution >= 0.6 is 0 Å². The Morgan fingerprint density at radius 1 is 0.173 bits per heavy atom. The summed E-state index contributed by atoms with van der Waals surface area (Å²) in [5.74, 6) is 0.697. The third-order valence-electron chi connectivity index (χ3n) is 19.6. The van der Waals surface area contributed by atoms with Gasteiger partial charge in [0.05, 0.1) is 27.6 Å². The largest absolute Gasteiger partial charge is 0.228 e. The molecule has 12 aromatic carbocycles. The highest BCUT2D eigenvalue weighted by Crippen LogP contribution is 2.66. The lowest BCUT2D eigenvalue weighted by Crippen LogP contribution is -2.25. The molecule has 0 N–H and O–H groups in total. The topological polar surface area (TPSA) is 25.8 Å². The zero-order valence-electron chi connectivity index (χ0n) is 44.0. The molecular formula is C79H46N2. The van der Waals surface area contributed by atoms with Crippen molar-refractivity contribution >= 4 is 0 Å². The zero-order chi connectivity index (χ0) is 52.8. The molecule has 3 spiro atoms. The zero-order valence-corrected chi connectivity index (χ0v) is 44.0. The van der Waals surface area contributed by atoms with Crippen LogP contribution in [0.25, 0.3) is 101 Å². The van der Waals surface area contributed by atoms with Gasteiger partial charge in [0.1, 0.15) is 0 Å². The molecule has 1 heterocycles. The Morgan fingerprint density at radius 2 is 0.407 bits per heavy atom. The number of nitrogens with zero attached hydrogens (tertiary/aromatic N) is 2. The lowest BCUT2D eigenvalue weighted by atomic mass is 9.70. The Kier molecular flexibility index (Phi) is 8.36. The van der Waals surface area contributed by atoms with Gasteiger partial charge in [-0.3, -0.25) is 0 Å². The SMILES string of the molecule is c1ccc2c(c1)-c1ccccc1C21c2ccccc2-c2cc(-c3cc(-c4ccc5c(c4)-c4ccccc4C54c5ccccc5-c5ccccc54)nc(-c4ccc5c(c4)C4(c6ccccc6-c6ccccc64)c4ccccc4-5)n3)ccc21. The van der Waals surface area contributed by atoms with Gasteiger partial charge in [0.25, 0.3) is 0 Å². The summed E-state index contributed by atoms with van der Waals surface area (Å²) in [6.07, 6.45) is 0. The summed E-state index contributed by atoms with van der Waals surface area (Å²) in [5.41, 5.74) is 34.6. The lowest BCUT2D eigenvalue weighted by molar-refractivity contribution is 0.793. The van der Waals surface area contributed by atoms with Crippen LogP contribution in [0.2, 0.25) is 0 Å². The summed E-state index contributed by atoms with van der Waals surface area (Å²) in [6.45, 7) is 0. The van der Waals surface area contributed by atoms with Crippen LogP contribution in [0.3, 0.4) is 0 Å². The molecule has 6 aliphatic rings. The van der Waals surface area contributed by atoms with Gasteiger partial charge in [-0.05, 0) is 158 Å². The Bertz CT molecular complexity index is 4610. The lowest BCUT2D eigenvalue weighted by Gasteiger charge is -2.30. The monoisotopic (exact) mass is 1020 g/mol. The fourth-order valence-electron chi connectivity index (χ4n) is 16.6. The second-order valence-corrected chi connectivity index (χ2v) is 22.9. The highest BCUT2D eigenvalue weighted by molar-refractivity contribution is 6.00. The van der Waals surface area contributed by atoms with E-state index in [2.05, 4.69) is 279 Å². The number of hydrogen-bond donors (Lipinski definition) is 0. The van der Waals surface area contributed by atoms with Crippen molar-refractivity contribution in [2.75, 3.05) is 0 Å². The first-order valence-electron chi connectivity index (χ1n) is 28.4. The van der Waals surface area contributed by atoms with E-state index in [1.165, 1.54) is 134 Å². The van der Waals surface area contributed by atoms with Crippen LogP contribution in [0.4, 0.5) is 0 Å². The van der Waals surface area contributed by atoms with E-state index in [0.29, 0.717) is 5.82 Å². The van der Waals surface area contributed by atoms with Gasteiger partial charge >= 0.3 is 0 Å². The van der Waals surface area contributed by atoms with Gasteiger partial charge < -0.3 is 0 Å². The van der Waals surface area contributed by atoms with E-state index in [-0.39, 0.29) is 0 Å². The van der Waals surface area contributed by atoms with Crippen molar-refractivity contribution < 1.29 is 0 Å². The van der Waals surface area contributed by atoms with Crippen LogP contribution in [-0.4, -0.2) is 9.97 Å². The molecule has 2 nitrogen and oxygen atoms in total. The Labute approximate surface area is 470 Å².